The summed E-state index contributed by atoms with van der Waals surface area (Å²) < 4.78 is 0. The van der Waals surface area contributed by atoms with Crippen LogP contribution in [0.5, 0.6) is 0 Å². The molecule has 2 aliphatic heterocycles. The number of piperidine rings is 2. The molecule has 2 saturated heterocycles. The van der Waals surface area contributed by atoms with Crippen LogP contribution in [0.3, 0.4) is 0 Å². The van der Waals surface area contributed by atoms with E-state index in [4.69, 9.17) is 0 Å². The lowest BCUT2D eigenvalue weighted by Crippen LogP contribution is -2.50. The Kier molecular flexibility index (Phi) is 7.27. The van der Waals surface area contributed by atoms with Gasteiger partial charge in [-0.2, -0.15) is 0 Å². The van der Waals surface area contributed by atoms with E-state index in [0.717, 1.165) is 6.04 Å². The van der Waals surface area contributed by atoms with Crippen LogP contribution in [0, 0.1) is 5.41 Å². The molecule has 0 bridgehead atoms. The molecule has 2 rings (SSSR count). The summed E-state index contributed by atoms with van der Waals surface area (Å²) in [5.74, 6) is 0. The third kappa shape index (κ3) is 4.40. The van der Waals surface area contributed by atoms with Crippen LogP contribution >= 0.6 is 24.8 Å². The zero-order valence-electron chi connectivity index (χ0n) is 10.5. The standard InChI is InChI=1S/C12H24N2.2ClH/c1-12(2)5-8-14(9-6-12)11-4-3-7-13-10-11;;/h11,13H,3-10H2,1-2H3;2*1H. The van der Waals surface area contributed by atoms with E-state index in [-0.39, 0.29) is 24.8 Å². The van der Waals surface area contributed by atoms with E-state index in [1.54, 1.807) is 0 Å². The first-order valence-electron chi connectivity index (χ1n) is 6.12. The Balaban J connectivity index is 0.00000112. The molecule has 1 unspecified atom stereocenters. The van der Waals surface area contributed by atoms with E-state index < -0.39 is 0 Å². The number of likely N-dealkylation sites (tertiary alicyclic amines) is 1. The van der Waals surface area contributed by atoms with Crippen molar-refractivity contribution in [3.8, 4) is 0 Å². The Morgan fingerprint density at radius 1 is 1.12 bits per heavy atom. The highest BCUT2D eigenvalue weighted by molar-refractivity contribution is 5.85. The lowest BCUT2D eigenvalue weighted by atomic mass is 9.82. The molecule has 2 nitrogen and oxygen atoms in total. The molecule has 0 saturated carbocycles. The Morgan fingerprint density at radius 2 is 1.75 bits per heavy atom. The first-order valence-corrected chi connectivity index (χ1v) is 6.12. The quantitative estimate of drug-likeness (QED) is 0.787. The van der Waals surface area contributed by atoms with Crippen molar-refractivity contribution in [2.24, 2.45) is 5.41 Å². The van der Waals surface area contributed by atoms with E-state index in [1.165, 1.54) is 51.9 Å². The fourth-order valence-corrected chi connectivity index (χ4v) is 2.64. The minimum absolute atomic E-state index is 0. The van der Waals surface area contributed by atoms with E-state index in [0.29, 0.717) is 5.41 Å². The van der Waals surface area contributed by atoms with Crippen molar-refractivity contribution in [3.05, 3.63) is 0 Å². The number of hydrogen-bond acceptors (Lipinski definition) is 2. The van der Waals surface area contributed by atoms with Gasteiger partial charge in [0.2, 0.25) is 0 Å². The zero-order chi connectivity index (χ0) is 10.0. The molecule has 0 aliphatic carbocycles. The van der Waals surface area contributed by atoms with Gasteiger partial charge in [0.1, 0.15) is 0 Å². The molecule has 0 amide bonds. The fraction of sp³-hybridized carbons (Fsp3) is 1.00. The van der Waals surface area contributed by atoms with Crippen molar-refractivity contribution in [3.63, 3.8) is 0 Å². The zero-order valence-corrected chi connectivity index (χ0v) is 12.1. The van der Waals surface area contributed by atoms with Crippen LogP contribution in [0.1, 0.15) is 39.5 Å². The molecule has 16 heavy (non-hydrogen) atoms. The molecule has 0 aromatic heterocycles. The minimum atomic E-state index is 0. The van der Waals surface area contributed by atoms with Crippen LogP contribution in [0.25, 0.3) is 0 Å². The molecule has 2 aliphatic rings. The van der Waals surface area contributed by atoms with Crippen LogP contribution in [-0.2, 0) is 0 Å². The second kappa shape index (κ2) is 7.05. The topological polar surface area (TPSA) is 15.3 Å². The van der Waals surface area contributed by atoms with Crippen molar-refractivity contribution in [1.82, 2.24) is 10.2 Å². The summed E-state index contributed by atoms with van der Waals surface area (Å²) in [5.41, 5.74) is 0.596. The average molecular weight is 269 g/mol. The van der Waals surface area contributed by atoms with Gasteiger partial charge in [0.05, 0.1) is 0 Å². The molecule has 98 valence electrons. The van der Waals surface area contributed by atoms with Crippen molar-refractivity contribution >= 4 is 24.8 Å². The molecule has 0 aromatic carbocycles. The Bertz CT molecular complexity index is 181. The number of nitrogens with zero attached hydrogens (tertiary/aromatic N) is 1. The second-order valence-electron chi connectivity index (χ2n) is 5.70. The highest BCUT2D eigenvalue weighted by Gasteiger charge is 2.29. The molecule has 2 fully saturated rings. The van der Waals surface area contributed by atoms with Crippen molar-refractivity contribution in [2.75, 3.05) is 26.2 Å². The first kappa shape index (κ1) is 16.5. The third-order valence-corrected chi connectivity index (χ3v) is 3.94. The number of nitrogens with one attached hydrogen (secondary N) is 1. The summed E-state index contributed by atoms with van der Waals surface area (Å²) in [6, 6.07) is 0.833. The third-order valence-electron chi connectivity index (χ3n) is 3.94. The molecule has 1 atom stereocenters. The summed E-state index contributed by atoms with van der Waals surface area (Å²) in [7, 11) is 0. The van der Waals surface area contributed by atoms with E-state index in [2.05, 4.69) is 24.1 Å². The maximum Gasteiger partial charge on any atom is 0.0221 e. The number of halogens is 2. The highest BCUT2D eigenvalue weighted by atomic mass is 35.5. The molecule has 0 radical (unpaired) electrons. The Hall–Kier alpha value is 0.500. The largest absolute Gasteiger partial charge is 0.315 e. The van der Waals surface area contributed by atoms with Crippen molar-refractivity contribution in [1.29, 1.82) is 0 Å². The van der Waals surface area contributed by atoms with Gasteiger partial charge in [-0.1, -0.05) is 13.8 Å². The number of rotatable bonds is 1. The first-order chi connectivity index (χ1) is 6.67. The van der Waals surface area contributed by atoms with Crippen molar-refractivity contribution < 1.29 is 0 Å². The van der Waals surface area contributed by atoms with Gasteiger partial charge >= 0.3 is 0 Å². The van der Waals surface area contributed by atoms with Gasteiger partial charge in [0.15, 0.2) is 0 Å². The molecule has 2 heterocycles. The molecule has 4 heteroatoms. The van der Waals surface area contributed by atoms with Crippen LogP contribution in [0.4, 0.5) is 0 Å². The highest BCUT2D eigenvalue weighted by Crippen LogP contribution is 2.31. The Labute approximate surface area is 112 Å². The summed E-state index contributed by atoms with van der Waals surface area (Å²) in [4.78, 5) is 2.71. The normalized spacial score (nSPS) is 30.0. The van der Waals surface area contributed by atoms with Gasteiger partial charge in [-0.05, 0) is 50.7 Å². The van der Waals surface area contributed by atoms with Crippen LogP contribution in [-0.4, -0.2) is 37.1 Å². The molecule has 0 spiro atoms. The maximum atomic E-state index is 3.51. The average Bonchev–Trinajstić information content (AvgIpc) is 2.19. The summed E-state index contributed by atoms with van der Waals surface area (Å²) in [6.07, 6.45) is 5.53. The lowest BCUT2D eigenvalue weighted by Gasteiger charge is -2.42. The maximum absolute atomic E-state index is 3.51. The summed E-state index contributed by atoms with van der Waals surface area (Å²) in [5, 5.41) is 3.51. The van der Waals surface area contributed by atoms with Crippen LogP contribution < -0.4 is 5.32 Å². The van der Waals surface area contributed by atoms with Crippen molar-refractivity contribution in [2.45, 2.75) is 45.6 Å². The van der Waals surface area contributed by atoms with E-state index >= 15 is 0 Å². The van der Waals surface area contributed by atoms with Gasteiger partial charge in [-0.3, -0.25) is 4.90 Å². The van der Waals surface area contributed by atoms with Crippen LogP contribution in [0.2, 0.25) is 0 Å². The van der Waals surface area contributed by atoms with Gasteiger partial charge in [-0.15, -0.1) is 24.8 Å². The summed E-state index contributed by atoms with van der Waals surface area (Å²) in [6.45, 7) is 9.90. The predicted octanol–water partition coefficient (Wildman–Crippen LogP) is 2.70. The van der Waals surface area contributed by atoms with Gasteiger partial charge in [-0.25, -0.2) is 0 Å². The monoisotopic (exact) mass is 268 g/mol. The van der Waals surface area contributed by atoms with Gasteiger partial charge < -0.3 is 5.32 Å². The summed E-state index contributed by atoms with van der Waals surface area (Å²) >= 11 is 0. The predicted molar refractivity (Wildman–Crippen MR) is 75.0 cm³/mol. The van der Waals surface area contributed by atoms with Crippen LogP contribution in [0.15, 0.2) is 0 Å². The molecule has 1 N–H and O–H groups in total. The second-order valence-corrected chi connectivity index (χ2v) is 5.70. The number of hydrogen-bond donors (Lipinski definition) is 1. The van der Waals surface area contributed by atoms with E-state index in [1.807, 2.05) is 0 Å². The minimum Gasteiger partial charge on any atom is -0.315 e. The molecular formula is C12H26Cl2N2. The van der Waals surface area contributed by atoms with Gasteiger partial charge in [0, 0.05) is 12.6 Å². The lowest BCUT2D eigenvalue weighted by molar-refractivity contribution is 0.0819. The smallest absolute Gasteiger partial charge is 0.0221 e. The van der Waals surface area contributed by atoms with Gasteiger partial charge in [0.25, 0.3) is 0 Å². The molecular weight excluding hydrogens is 243 g/mol. The SMILES string of the molecule is CC1(C)CCN(C2CCCNC2)CC1.Cl.Cl. The fourth-order valence-electron chi connectivity index (χ4n) is 2.64. The molecule has 0 aromatic rings. The Morgan fingerprint density at radius 3 is 2.25 bits per heavy atom. The van der Waals surface area contributed by atoms with E-state index in [9.17, 15) is 0 Å².